The normalized spacial score (nSPS) is 19.1. The third-order valence-electron chi connectivity index (χ3n) is 5.50. The molecule has 5 rings (SSSR count). The predicted molar refractivity (Wildman–Crippen MR) is 116 cm³/mol. The van der Waals surface area contributed by atoms with Crippen molar-refractivity contribution in [2.45, 2.75) is 45.4 Å². The SMILES string of the molecule is CCCC(O)c1cc(C)c(-c2cc3nc(NC(=O)[C@@H]4C[C@@H]4F)sc3n3ncnc23)cn1. The summed E-state index contributed by atoms with van der Waals surface area (Å²) >= 11 is 1.27. The quantitative estimate of drug-likeness (QED) is 0.472. The van der Waals surface area contributed by atoms with Gasteiger partial charge in [0.1, 0.15) is 22.8 Å². The molecular weight excluding hydrogens is 419 g/mol. The molecule has 1 aliphatic rings. The lowest BCUT2D eigenvalue weighted by Crippen LogP contribution is -2.14. The Kier molecular flexibility index (Phi) is 4.90. The first kappa shape index (κ1) is 20.0. The van der Waals surface area contributed by atoms with Crippen LogP contribution in [0, 0.1) is 12.8 Å². The van der Waals surface area contributed by atoms with E-state index in [-0.39, 0.29) is 12.3 Å². The van der Waals surface area contributed by atoms with Crippen LogP contribution in [0.4, 0.5) is 9.52 Å². The van der Waals surface area contributed by atoms with Gasteiger partial charge in [0.05, 0.1) is 17.7 Å². The zero-order valence-corrected chi connectivity index (χ0v) is 17.9. The highest BCUT2D eigenvalue weighted by Gasteiger charge is 2.43. The highest BCUT2D eigenvalue weighted by atomic mass is 32.1. The standard InChI is InChI=1S/C21H21FN6O2S/c1-3-4-17(29)15-5-10(2)13(8-23-15)11-7-16-20(28-18(11)24-9-25-28)31-21(26-16)27-19(30)12-6-14(12)22/h5,7-9,12,14,17,29H,3-4,6H2,1-2H3,(H,26,27,30)/t12-,14+,17?/m1/s1. The average molecular weight is 441 g/mol. The van der Waals surface area contributed by atoms with E-state index in [4.69, 9.17) is 0 Å². The van der Waals surface area contributed by atoms with Gasteiger partial charge in [0.25, 0.3) is 0 Å². The summed E-state index contributed by atoms with van der Waals surface area (Å²) in [6.45, 7) is 3.98. The van der Waals surface area contributed by atoms with E-state index in [0.717, 1.165) is 27.9 Å². The minimum atomic E-state index is -1.06. The van der Waals surface area contributed by atoms with E-state index in [0.29, 0.717) is 28.4 Å². The molecule has 1 fully saturated rings. The molecule has 0 aliphatic heterocycles. The third kappa shape index (κ3) is 3.55. The molecule has 0 radical (unpaired) electrons. The number of amides is 1. The van der Waals surface area contributed by atoms with Crippen molar-refractivity contribution >= 4 is 38.4 Å². The number of anilines is 1. The van der Waals surface area contributed by atoms with Crippen LogP contribution in [0.5, 0.6) is 0 Å². The molecule has 10 heteroatoms. The highest BCUT2D eigenvalue weighted by Crippen LogP contribution is 2.37. The zero-order chi connectivity index (χ0) is 21.7. The highest BCUT2D eigenvalue weighted by molar-refractivity contribution is 7.22. The lowest BCUT2D eigenvalue weighted by Gasteiger charge is -2.12. The molecule has 0 aromatic carbocycles. The van der Waals surface area contributed by atoms with Crippen LogP contribution in [0.2, 0.25) is 0 Å². The van der Waals surface area contributed by atoms with Crippen molar-refractivity contribution in [1.82, 2.24) is 24.6 Å². The largest absolute Gasteiger partial charge is 0.387 e. The second-order valence-electron chi connectivity index (χ2n) is 7.84. The number of nitrogens with one attached hydrogen (secondary N) is 1. The number of aromatic nitrogens is 5. The molecule has 0 spiro atoms. The molecule has 1 unspecified atom stereocenters. The maximum absolute atomic E-state index is 13.2. The minimum absolute atomic E-state index is 0.267. The molecule has 0 saturated heterocycles. The Morgan fingerprint density at radius 2 is 2.19 bits per heavy atom. The van der Waals surface area contributed by atoms with Crippen LogP contribution in [-0.4, -0.2) is 41.8 Å². The molecule has 1 saturated carbocycles. The van der Waals surface area contributed by atoms with Gasteiger partial charge < -0.3 is 10.4 Å². The Bertz CT molecular complexity index is 1300. The first-order valence-corrected chi connectivity index (χ1v) is 11.0. The molecule has 1 amide bonds. The lowest BCUT2D eigenvalue weighted by molar-refractivity contribution is -0.117. The Hall–Kier alpha value is -2.98. The maximum Gasteiger partial charge on any atom is 0.232 e. The summed E-state index contributed by atoms with van der Waals surface area (Å²) in [4.78, 5) is 26.2. The smallest absolute Gasteiger partial charge is 0.232 e. The molecule has 4 aromatic rings. The lowest BCUT2D eigenvalue weighted by atomic mass is 10.0. The van der Waals surface area contributed by atoms with E-state index in [2.05, 4.69) is 25.4 Å². The van der Waals surface area contributed by atoms with Crippen LogP contribution in [0.15, 0.2) is 24.7 Å². The fraction of sp³-hybridized carbons (Fsp3) is 0.381. The summed E-state index contributed by atoms with van der Waals surface area (Å²) in [6, 6.07) is 3.79. The number of aliphatic hydroxyl groups is 1. The number of hydrogen-bond acceptors (Lipinski definition) is 7. The number of fused-ring (bicyclic) bond motifs is 3. The number of aliphatic hydroxyl groups excluding tert-OH is 1. The number of carbonyl (C=O) groups is 1. The third-order valence-corrected chi connectivity index (χ3v) is 6.46. The molecule has 31 heavy (non-hydrogen) atoms. The zero-order valence-electron chi connectivity index (χ0n) is 17.0. The van der Waals surface area contributed by atoms with E-state index in [1.807, 2.05) is 26.0 Å². The molecule has 8 nitrogen and oxygen atoms in total. The Balaban J connectivity index is 1.56. The Morgan fingerprint density at radius 1 is 1.39 bits per heavy atom. The van der Waals surface area contributed by atoms with Crippen LogP contribution in [0.1, 0.15) is 43.5 Å². The second kappa shape index (κ2) is 7.61. The molecule has 160 valence electrons. The van der Waals surface area contributed by atoms with Gasteiger partial charge >= 0.3 is 0 Å². The second-order valence-corrected chi connectivity index (χ2v) is 8.82. The Morgan fingerprint density at radius 3 is 2.90 bits per heavy atom. The number of halogens is 1. The van der Waals surface area contributed by atoms with Crippen molar-refractivity contribution in [2.24, 2.45) is 5.92 Å². The number of aryl methyl sites for hydroxylation is 1. The van der Waals surface area contributed by atoms with Crippen molar-refractivity contribution < 1.29 is 14.3 Å². The number of hydrogen-bond donors (Lipinski definition) is 2. The number of pyridine rings is 2. The van der Waals surface area contributed by atoms with Crippen LogP contribution in [0.3, 0.4) is 0 Å². The van der Waals surface area contributed by atoms with Gasteiger partial charge in [-0.2, -0.15) is 5.10 Å². The van der Waals surface area contributed by atoms with E-state index in [1.165, 1.54) is 17.7 Å². The van der Waals surface area contributed by atoms with Gasteiger partial charge in [0.2, 0.25) is 5.91 Å². The summed E-state index contributed by atoms with van der Waals surface area (Å²) in [5.74, 6) is -0.924. The molecule has 2 N–H and O–H groups in total. The van der Waals surface area contributed by atoms with Crippen molar-refractivity contribution in [3.8, 4) is 11.1 Å². The fourth-order valence-electron chi connectivity index (χ4n) is 3.69. The Labute approximate surface area is 181 Å². The molecule has 4 aromatic heterocycles. The summed E-state index contributed by atoms with van der Waals surface area (Å²) in [6.07, 6.45) is 3.35. The maximum atomic E-state index is 13.2. The summed E-state index contributed by atoms with van der Waals surface area (Å²) in [5.41, 5.74) is 4.56. The summed E-state index contributed by atoms with van der Waals surface area (Å²) < 4.78 is 14.9. The molecular formula is C21H21FN6O2S. The number of rotatable bonds is 6. The van der Waals surface area contributed by atoms with Gasteiger partial charge in [-0.1, -0.05) is 24.7 Å². The first-order chi connectivity index (χ1) is 15.0. The molecule has 3 atom stereocenters. The van der Waals surface area contributed by atoms with Gasteiger partial charge in [-0.25, -0.2) is 18.9 Å². The predicted octanol–water partition coefficient (Wildman–Crippen LogP) is 3.84. The van der Waals surface area contributed by atoms with Crippen molar-refractivity contribution in [3.05, 3.63) is 35.9 Å². The average Bonchev–Trinajstić information content (AvgIpc) is 3.12. The van der Waals surface area contributed by atoms with Crippen molar-refractivity contribution in [2.75, 3.05) is 5.32 Å². The molecule has 4 heterocycles. The first-order valence-electron chi connectivity index (χ1n) is 10.2. The van der Waals surface area contributed by atoms with Crippen molar-refractivity contribution in [3.63, 3.8) is 0 Å². The van der Waals surface area contributed by atoms with Crippen LogP contribution in [-0.2, 0) is 4.79 Å². The minimum Gasteiger partial charge on any atom is -0.387 e. The van der Waals surface area contributed by atoms with Crippen LogP contribution >= 0.6 is 11.3 Å². The van der Waals surface area contributed by atoms with Gasteiger partial charge in [-0.3, -0.25) is 9.78 Å². The topological polar surface area (TPSA) is 105 Å². The van der Waals surface area contributed by atoms with Gasteiger partial charge in [0, 0.05) is 17.3 Å². The van der Waals surface area contributed by atoms with Gasteiger partial charge in [0.15, 0.2) is 10.8 Å². The van der Waals surface area contributed by atoms with Gasteiger partial charge in [-0.15, -0.1) is 0 Å². The van der Waals surface area contributed by atoms with Gasteiger partial charge in [-0.05, 0) is 37.5 Å². The van der Waals surface area contributed by atoms with E-state index in [1.54, 1.807) is 10.7 Å². The summed E-state index contributed by atoms with van der Waals surface area (Å²) in [5, 5.41) is 17.7. The van der Waals surface area contributed by atoms with E-state index < -0.39 is 18.2 Å². The van der Waals surface area contributed by atoms with E-state index in [9.17, 15) is 14.3 Å². The van der Waals surface area contributed by atoms with Crippen LogP contribution < -0.4 is 5.32 Å². The van der Waals surface area contributed by atoms with E-state index >= 15 is 0 Å². The molecule has 1 aliphatic carbocycles. The number of alkyl halides is 1. The number of nitrogens with zero attached hydrogens (tertiary/aromatic N) is 5. The monoisotopic (exact) mass is 440 g/mol. The number of thiazole rings is 1. The van der Waals surface area contributed by atoms with Crippen LogP contribution in [0.25, 0.3) is 27.1 Å². The summed E-state index contributed by atoms with van der Waals surface area (Å²) in [7, 11) is 0. The molecule has 0 bridgehead atoms. The number of carbonyl (C=O) groups excluding carboxylic acids is 1. The fourth-order valence-corrected chi connectivity index (χ4v) is 4.60. The van der Waals surface area contributed by atoms with Crippen molar-refractivity contribution in [1.29, 1.82) is 0 Å².